The largest absolute Gasteiger partial charge is 0.392 e. The molecule has 1 atom stereocenters. The van der Waals surface area contributed by atoms with E-state index < -0.39 is 29.0 Å². The highest BCUT2D eigenvalue weighted by Crippen LogP contribution is 2.36. The molecule has 5 nitrogen and oxygen atoms in total. The SMILES string of the molecule is CC1(F)CC#CC(F)=C1N(C(N)=O)c1ccc(CO)c(-c2ccc(F)cc2)n1. The van der Waals surface area contributed by atoms with Crippen molar-refractivity contribution >= 4 is 11.8 Å². The summed E-state index contributed by atoms with van der Waals surface area (Å²) in [6.45, 7) is 0.703. The lowest BCUT2D eigenvalue weighted by molar-refractivity contribution is 0.226. The summed E-state index contributed by atoms with van der Waals surface area (Å²) in [5, 5.41) is 9.58. The van der Waals surface area contributed by atoms with Crippen molar-refractivity contribution in [1.82, 2.24) is 4.98 Å². The summed E-state index contributed by atoms with van der Waals surface area (Å²) in [4.78, 5) is 17.0. The van der Waals surface area contributed by atoms with Gasteiger partial charge >= 0.3 is 6.03 Å². The van der Waals surface area contributed by atoms with E-state index in [0.717, 1.165) is 6.92 Å². The first-order chi connectivity index (χ1) is 13.2. The first kappa shape index (κ1) is 19.5. The normalized spacial score (nSPS) is 18.5. The van der Waals surface area contributed by atoms with Gasteiger partial charge in [-0.1, -0.05) is 12.0 Å². The smallest absolute Gasteiger partial charge is 0.325 e. The maximum absolute atomic E-state index is 14.9. The number of anilines is 1. The second-order valence-corrected chi connectivity index (χ2v) is 6.35. The van der Waals surface area contributed by atoms with Crippen LogP contribution in [0.5, 0.6) is 0 Å². The molecule has 1 aliphatic carbocycles. The van der Waals surface area contributed by atoms with Gasteiger partial charge < -0.3 is 10.8 Å². The summed E-state index contributed by atoms with van der Waals surface area (Å²) in [7, 11) is 0. The number of benzene rings is 1. The lowest BCUT2D eigenvalue weighted by Gasteiger charge is -2.31. The van der Waals surface area contributed by atoms with Crippen LogP contribution in [0.2, 0.25) is 0 Å². The number of aliphatic hydroxyl groups excluding tert-OH is 1. The van der Waals surface area contributed by atoms with Crippen LogP contribution < -0.4 is 10.6 Å². The first-order valence-electron chi connectivity index (χ1n) is 8.29. The molecule has 1 aromatic heterocycles. The number of alkyl halides is 1. The number of pyridine rings is 1. The molecule has 8 heteroatoms. The maximum Gasteiger partial charge on any atom is 0.325 e. The number of allylic oxidation sites excluding steroid dienone is 2. The monoisotopic (exact) mass is 387 g/mol. The average Bonchev–Trinajstić information content (AvgIpc) is 2.64. The van der Waals surface area contributed by atoms with Gasteiger partial charge in [-0.05, 0) is 43.2 Å². The van der Waals surface area contributed by atoms with Crippen LogP contribution in [0.25, 0.3) is 11.3 Å². The van der Waals surface area contributed by atoms with E-state index in [1.165, 1.54) is 36.4 Å². The van der Waals surface area contributed by atoms with Crippen molar-refractivity contribution in [2.75, 3.05) is 4.90 Å². The second kappa shape index (κ2) is 7.37. The molecule has 0 bridgehead atoms. The third-order valence-electron chi connectivity index (χ3n) is 4.25. The number of urea groups is 1. The number of halogens is 3. The van der Waals surface area contributed by atoms with Gasteiger partial charge in [-0.15, -0.1) is 0 Å². The molecular weight excluding hydrogens is 371 g/mol. The Bertz CT molecular complexity index is 1020. The quantitative estimate of drug-likeness (QED) is 0.787. The predicted molar refractivity (Wildman–Crippen MR) is 97.7 cm³/mol. The van der Waals surface area contributed by atoms with Crippen LogP contribution in [0.3, 0.4) is 0 Å². The Morgan fingerprint density at radius 1 is 1.29 bits per heavy atom. The maximum atomic E-state index is 14.9. The van der Waals surface area contributed by atoms with Gasteiger partial charge in [0.05, 0.1) is 12.3 Å². The number of nitrogens with two attached hydrogens (primary N) is 1. The van der Waals surface area contributed by atoms with Gasteiger partial charge in [0.25, 0.3) is 0 Å². The molecule has 1 aromatic carbocycles. The van der Waals surface area contributed by atoms with Crippen LogP contribution in [0, 0.1) is 17.7 Å². The lowest BCUT2D eigenvalue weighted by Crippen LogP contribution is -2.44. The standard InChI is InChI=1S/C20H16F3N3O2/c1-20(23)10-2-3-15(22)18(20)26(19(24)28)16-9-6-13(11-27)17(25-16)12-4-7-14(21)8-5-12/h4-9,27H,10-11H2,1H3,(H2,24,28). The Labute approximate surface area is 159 Å². The summed E-state index contributed by atoms with van der Waals surface area (Å²) < 4.78 is 42.5. The van der Waals surface area contributed by atoms with Gasteiger partial charge in [0.15, 0.2) is 11.5 Å². The molecule has 1 unspecified atom stereocenters. The highest BCUT2D eigenvalue weighted by atomic mass is 19.1. The topological polar surface area (TPSA) is 79.5 Å². The fourth-order valence-electron chi connectivity index (χ4n) is 2.92. The fourth-order valence-corrected chi connectivity index (χ4v) is 2.92. The van der Waals surface area contributed by atoms with Gasteiger partial charge in [-0.25, -0.2) is 23.5 Å². The number of carbonyl (C=O) groups excluding carboxylic acids is 1. The van der Waals surface area contributed by atoms with Crippen molar-refractivity contribution < 1.29 is 23.1 Å². The zero-order valence-corrected chi connectivity index (χ0v) is 14.8. The van der Waals surface area contributed by atoms with Crippen molar-refractivity contribution in [3.8, 4) is 23.1 Å². The van der Waals surface area contributed by atoms with Crippen LogP contribution >= 0.6 is 0 Å². The number of amides is 2. The molecule has 0 saturated carbocycles. The minimum atomic E-state index is -2.27. The number of hydrogen-bond acceptors (Lipinski definition) is 3. The molecule has 0 saturated heterocycles. The zero-order valence-electron chi connectivity index (χ0n) is 14.8. The molecule has 0 radical (unpaired) electrons. The Hall–Kier alpha value is -3.31. The third kappa shape index (κ3) is 3.57. The summed E-state index contributed by atoms with van der Waals surface area (Å²) >= 11 is 0. The van der Waals surface area contributed by atoms with Gasteiger partial charge in [-0.3, -0.25) is 0 Å². The molecule has 1 aliphatic rings. The van der Waals surface area contributed by atoms with Crippen LogP contribution in [0.15, 0.2) is 47.9 Å². The molecule has 2 aromatic rings. The molecule has 0 fully saturated rings. The fraction of sp³-hybridized carbons (Fsp3) is 0.200. The Morgan fingerprint density at radius 2 is 1.96 bits per heavy atom. The number of rotatable bonds is 4. The van der Waals surface area contributed by atoms with Crippen molar-refractivity contribution in [3.05, 3.63) is 59.3 Å². The number of hydrogen-bond donors (Lipinski definition) is 2. The minimum Gasteiger partial charge on any atom is -0.392 e. The predicted octanol–water partition coefficient (Wildman–Crippen LogP) is 3.58. The molecule has 1 heterocycles. The molecule has 3 N–H and O–H groups in total. The summed E-state index contributed by atoms with van der Waals surface area (Å²) in [5.74, 6) is 2.73. The third-order valence-corrected chi connectivity index (χ3v) is 4.25. The average molecular weight is 387 g/mol. The van der Waals surface area contributed by atoms with Crippen molar-refractivity contribution in [1.29, 1.82) is 0 Å². The van der Waals surface area contributed by atoms with Crippen molar-refractivity contribution in [3.63, 3.8) is 0 Å². The van der Waals surface area contributed by atoms with E-state index in [1.54, 1.807) is 0 Å². The van der Waals surface area contributed by atoms with Gasteiger partial charge in [0, 0.05) is 17.5 Å². The first-order valence-corrected chi connectivity index (χ1v) is 8.29. The molecule has 0 spiro atoms. The van der Waals surface area contributed by atoms with E-state index >= 15 is 0 Å². The molecule has 0 aliphatic heterocycles. The van der Waals surface area contributed by atoms with Crippen molar-refractivity contribution in [2.45, 2.75) is 25.6 Å². The van der Waals surface area contributed by atoms with E-state index in [0.29, 0.717) is 16.0 Å². The number of primary amides is 1. The summed E-state index contributed by atoms with van der Waals surface area (Å²) in [6, 6.07) is 6.87. The van der Waals surface area contributed by atoms with E-state index in [2.05, 4.69) is 16.8 Å². The molecule has 144 valence electrons. The number of carbonyl (C=O) groups is 1. The van der Waals surface area contributed by atoms with Crippen LogP contribution in [-0.4, -0.2) is 21.8 Å². The number of aliphatic hydroxyl groups is 1. The minimum absolute atomic E-state index is 0.151. The van der Waals surface area contributed by atoms with Crippen LogP contribution in [0.4, 0.5) is 23.8 Å². The lowest BCUT2D eigenvalue weighted by atomic mass is 9.95. The van der Waals surface area contributed by atoms with E-state index in [9.17, 15) is 23.1 Å². The Kier molecular flexibility index (Phi) is 5.12. The summed E-state index contributed by atoms with van der Waals surface area (Å²) in [6.07, 6.45) is -0.320. The highest BCUT2D eigenvalue weighted by molar-refractivity contribution is 5.94. The van der Waals surface area contributed by atoms with Gasteiger partial charge in [0.2, 0.25) is 0 Å². The summed E-state index contributed by atoms with van der Waals surface area (Å²) in [5.41, 5.74) is 3.53. The second-order valence-electron chi connectivity index (χ2n) is 6.35. The molecule has 2 amide bonds. The molecular formula is C20H16F3N3O2. The van der Waals surface area contributed by atoms with Crippen molar-refractivity contribution in [2.24, 2.45) is 5.73 Å². The zero-order chi connectivity index (χ0) is 20.5. The number of aromatic nitrogens is 1. The van der Waals surface area contributed by atoms with Crippen LogP contribution in [0.1, 0.15) is 18.9 Å². The van der Waals surface area contributed by atoms with E-state index in [4.69, 9.17) is 5.73 Å². The highest BCUT2D eigenvalue weighted by Gasteiger charge is 2.40. The Balaban J connectivity index is 2.18. The van der Waals surface area contributed by atoms with E-state index in [1.807, 2.05) is 0 Å². The molecule has 28 heavy (non-hydrogen) atoms. The van der Waals surface area contributed by atoms with Crippen LogP contribution in [-0.2, 0) is 6.61 Å². The number of nitrogens with zero attached hydrogens (tertiary/aromatic N) is 2. The molecule has 3 rings (SSSR count). The van der Waals surface area contributed by atoms with Gasteiger partial charge in [-0.2, -0.15) is 4.39 Å². The Morgan fingerprint density at radius 3 is 2.54 bits per heavy atom. The van der Waals surface area contributed by atoms with E-state index in [-0.39, 0.29) is 24.5 Å². The van der Waals surface area contributed by atoms with Gasteiger partial charge in [0.1, 0.15) is 17.3 Å².